The molecule has 0 bridgehead atoms. The van der Waals surface area contributed by atoms with Crippen LogP contribution in [-0.4, -0.2) is 24.0 Å². The van der Waals surface area contributed by atoms with Crippen molar-refractivity contribution in [2.75, 3.05) is 18.4 Å². The predicted molar refractivity (Wildman–Crippen MR) is 77.7 cm³/mol. The van der Waals surface area contributed by atoms with Crippen LogP contribution in [0.3, 0.4) is 0 Å². The predicted octanol–water partition coefficient (Wildman–Crippen LogP) is 3.09. The molecule has 0 saturated heterocycles. The zero-order valence-corrected chi connectivity index (χ0v) is 12.0. The highest BCUT2D eigenvalue weighted by Gasteiger charge is 2.20. The zero-order chi connectivity index (χ0) is 13.7. The number of hydrogen-bond donors (Lipinski definition) is 2. The summed E-state index contributed by atoms with van der Waals surface area (Å²) in [5, 5.41) is 6.37. The van der Waals surface area contributed by atoms with Crippen molar-refractivity contribution >= 4 is 23.3 Å². The highest BCUT2D eigenvalue weighted by Crippen LogP contribution is 2.33. The Morgan fingerprint density at radius 3 is 3.00 bits per heavy atom. The molecule has 1 aromatic rings. The molecule has 104 valence electrons. The van der Waals surface area contributed by atoms with Gasteiger partial charge in [0.15, 0.2) is 0 Å². The molecule has 1 saturated carbocycles. The van der Waals surface area contributed by atoms with E-state index in [-0.39, 0.29) is 5.91 Å². The Kier molecular flexibility index (Phi) is 5.02. The normalized spacial score (nSPS) is 14.2. The summed E-state index contributed by atoms with van der Waals surface area (Å²) in [4.78, 5) is 16.1. The molecule has 1 aliphatic rings. The molecule has 1 aliphatic carbocycles. The molecule has 2 rings (SSSR count). The van der Waals surface area contributed by atoms with Crippen LogP contribution in [0.2, 0.25) is 5.02 Å². The van der Waals surface area contributed by atoms with Gasteiger partial charge in [0.2, 0.25) is 0 Å². The third-order valence-corrected chi connectivity index (χ3v) is 3.53. The minimum Gasteiger partial charge on any atom is -0.370 e. The van der Waals surface area contributed by atoms with Crippen LogP contribution in [0.4, 0.5) is 5.82 Å². The van der Waals surface area contributed by atoms with E-state index in [0.717, 1.165) is 18.9 Å². The largest absolute Gasteiger partial charge is 0.370 e. The lowest BCUT2D eigenvalue weighted by molar-refractivity contribution is 0.0953. The fourth-order valence-electron chi connectivity index (χ4n) is 1.98. The van der Waals surface area contributed by atoms with Crippen molar-refractivity contribution in [2.45, 2.75) is 32.6 Å². The number of rotatable bonds is 7. The van der Waals surface area contributed by atoms with Gasteiger partial charge in [-0.2, -0.15) is 0 Å². The Morgan fingerprint density at radius 2 is 2.32 bits per heavy atom. The van der Waals surface area contributed by atoms with E-state index in [2.05, 4.69) is 15.6 Å². The average molecular weight is 282 g/mol. The zero-order valence-electron chi connectivity index (χ0n) is 11.2. The minimum atomic E-state index is -0.123. The summed E-state index contributed by atoms with van der Waals surface area (Å²) >= 11 is 6.01. The average Bonchev–Trinajstić information content (AvgIpc) is 3.21. The van der Waals surface area contributed by atoms with Crippen molar-refractivity contribution in [3.8, 4) is 0 Å². The van der Waals surface area contributed by atoms with Crippen LogP contribution in [0.25, 0.3) is 0 Å². The summed E-state index contributed by atoms with van der Waals surface area (Å²) in [5.41, 5.74) is 0.485. The monoisotopic (exact) mass is 281 g/mol. The number of nitrogens with one attached hydrogen (secondary N) is 2. The van der Waals surface area contributed by atoms with E-state index in [1.54, 1.807) is 6.07 Å². The molecule has 4 nitrogen and oxygen atoms in total. The van der Waals surface area contributed by atoms with Crippen LogP contribution in [0.1, 0.15) is 43.0 Å². The van der Waals surface area contributed by atoms with E-state index in [1.165, 1.54) is 25.5 Å². The first kappa shape index (κ1) is 14.1. The third-order valence-electron chi connectivity index (χ3n) is 3.23. The first-order valence-electron chi connectivity index (χ1n) is 6.88. The number of amides is 1. The number of nitrogens with zero attached hydrogens (tertiary/aromatic N) is 1. The van der Waals surface area contributed by atoms with Crippen molar-refractivity contribution in [1.82, 2.24) is 10.3 Å². The van der Waals surface area contributed by atoms with Gasteiger partial charge in [-0.15, -0.1) is 0 Å². The number of halogens is 1. The van der Waals surface area contributed by atoms with Gasteiger partial charge in [-0.1, -0.05) is 24.4 Å². The van der Waals surface area contributed by atoms with Crippen molar-refractivity contribution < 1.29 is 4.79 Å². The van der Waals surface area contributed by atoms with E-state index < -0.39 is 0 Å². The number of pyridine rings is 1. The molecule has 0 aromatic carbocycles. The Balaban J connectivity index is 1.86. The smallest absolute Gasteiger partial charge is 0.252 e. The van der Waals surface area contributed by atoms with Crippen LogP contribution in [-0.2, 0) is 0 Å². The van der Waals surface area contributed by atoms with Gasteiger partial charge in [0.1, 0.15) is 5.82 Å². The quantitative estimate of drug-likeness (QED) is 0.755. The van der Waals surface area contributed by atoms with Gasteiger partial charge >= 0.3 is 0 Å². The van der Waals surface area contributed by atoms with Crippen molar-refractivity contribution in [3.63, 3.8) is 0 Å². The highest BCUT2D eigenvalue weighted by atomic mass is 35.5. The first-order chi connectivity index (χ1) is 9.20. The minimum absolute atomic E-state index is 0.123. The number of aromatic nitrogens is 1. The number of hydrogen-bond acceptors (Lipinski definition) is 3. The molecule has 1 heterocycles. The van der Waals surface area contributed by atoms with Crippen molar-refractivity contribution in [3.05, 3.63) is 22.8 Å². The Hall–Kier alpha value is -1.29. The summed E-state index contributed by atoms with van der Waals surface area (Å²) in [5.74, 6) is 1.46. The molecule has 5 heteroatoms. The van der Waals surface area contributed by atoms with Gasteiger partial charge in [0.25, 0.3) is 5.91 Å². The molecule has 0 unspecified atom stereocenters. The summed E-state index contributed by atoms with van der Waals surface area (Å²) in [7, 11) is 0. The topological polar surface area (TPSA) is 54.0 Å². The molecule has 0 spiro atoms. The molecule has 2 N–H and O–H groups in total. The standard InChI is InChI=1S/C14H20ClN3O/c1-2-16-13-8-11(12(15)9-18-13)14(19)17-7-3-4-10-5-6-10/h8-10H,2-7H2,1H3,(H,16,18)(H,17,19). The van der Waals surface area contributed by atoms with Gasteiger partial charge in [0, 0.05) is 19.3 Å². The van der Waals surface area contributed by atoms with Gasteiger partial charge in [-0.25, -0.2) is 4.98 Å². The third kappa shape index (κ3) is 4.39. The summed E-state index contributed by atoms with van der Waals surface area (Å²) < 4.78 is 0. The molecule has 1 fully saturated rings. The maximum Gasteiger partial charge on any atom is 0.252 e. The molecule has 1 amide bonds. The lowest BCUT2D eigenvalue weighted by Crippen LogP contribution is -2.25. The van der Waals surface area contributed by atoms with E-state index in [1.807, 2.05) is 6.92 Å². The first-order valence-corrected chi connectivity index (χ1v) is 7.26. The van der Waals surface area contributed by atoms with E-state index in [9.17, 15) is 4.79 Å². The molecule has 19 heavy (non-hydrogen) atoms. The molecule has 0 radical (unpaired) electrons. The van der Waals surface area contributed by atoms with Crippen molar-refractivity contribution in [1.29, 1.82) is 0 Å². The molecule has 1 aromatic heterocycles. The van der Waals surface area contributed by atoms with Gasteiger partial charge < -0.3 is 10.6 Å². The lowest BCUT2D eigenvalue weighted by atomic mass is 10.2. The summed E-state index contributed by atoms with van der Waals surface area (Å²) in [6.45, 7) is 3.45. The highest BCUT2D eigenvalue weighted by molar-refractivity contribution is 6.33. The van der Waals surface area contributed by atoms with E-state index in [4.69, 9.17) is 11.6 Å². The Labute approximate surface area is 118 Å². The summed E-state index contributed by atoms with van der Waals surface area (Å²) in [6, 6.07) is 1.70. The molecular formula is C14H20ClN3O. The fraction of sp³-hybridized carbons (Fsp3) is 0.571. The maximum absolute atomic E-state index is 12.0. The second-order valence-electron chi connectivity index (χ2n) is 4.92. The maximum atomic E-state index is 12.0. The van der Waals surface area contributed by atoms with Crippen LogP contribution in [0, 0.1) is 5.92 Å². The Bertz CT molecular complexity index is 446. The van der Waals surface area contributed by atoms with Crippen LogP contribution >= 0.6 is 11.6 Å². The van der Waals surface area contributed by atoms with Gasteiger partial charge in [-0.3, -0.25) is 4.79 Å². The molecule has 0 aliphatic heterocycles. The number of anilines is 1. The van der Waals surface area contributed by atoms with E-state index >= 15 is 0 Å². The summed E-state index contributed by atoms with van der Waals surface area (Å²) in [6.07, 6.45) is 6.48. The second kappa shape index (κ2) is 6.75. The van der Waals surface area contributed by atoms with Gasteiger partial charge in [0.05, 0.1) is 10.6 Å². The van der Waals surface area contributed by atoms with Crippen LogP contribution in [0.5, 0.6) is 0 Å². The fourth-order valence-corrected chi connectivity index (χ4v) is 2.17. The van der Waals surface area contributed by atoms with Gasteiger partial charge in [-0.05, 0) is 31.7 Å². The van der Waals surface area contributed by atoms with Crippen LogP contribution in [0.15, 0.2) is 12.3 Å². The molecular weight excluding hydrogens is 262 g/mol. The number of carbonyl (C=O) groups excluding carboxylic acids is 1. The van der Waals surface area contributed by atoms with Crippen molar-refractivity contribution in [2.24, 2.45) is 5.92 Å². The lowest BCUT2D eigenvalue weighted by Gasteiger charge is -2.08. The Morgan fingerprint density at radius 1 is 1.53 bits per heavy atom. The van der Waals surface area contributed by atoms with Crippen LogP contribution < -0.4 is 10.6 Å². The van der Waals surface area contributed by atoms with E-state index in [0.29, 0.717) is 22.9 Å². The second-order valence-corrected chi connectivity index (χ2v) is 5.33. The SMILES string of the molecule is CCNc1cc(C(=O)NCCCC2CC2)c(Cl)cn1. The molecule has 0 atom stereocenters. The number of carbonyl (C=O) groups is 1.